The zero-order valence-corrected chi connectivity index (χ0v) is 13.0. The second-order valence-corrected chi connectivity index (χ2v) is 6.55. The largest absolute Gasteiger partial charge is 0.492 e. The van der Waals surface area contributed by atoms with Gasteiger partial charge in [0.05, 0.1) is 0 Å². The van der Waals surface area contributed by atoms with Crippen LogP contribution < -0.4 is 10.5 Å². The number of fused-ring (bicyclic) bond motifs is 1. The van der Waals surface area contributed by atoms with E-state index < -0.39 is 0 Å². The predicted octanol–water partition coefficient (Wildman–Crippen LogP) is 3.04. The zero-order chi connectivity index (χ0) is 14.5. The van der Waals surface area contributed by atoms with Crippen molar-refractivity contribution in [2.75, 3.05) is 26.2 Å². The highest BCUT2D eigenvalue weighted by molar-refractivity contribution is 5.32. The Labute approximate surface area is 128 Å². The fourth-order valence-electron chi connectivity index (χ4n) is 3.98. The SMILES string of the molecule is NCc1ccccc1OCCN1CCC2CCCCC2C1. The number of ether oxygens (including phenoxy) is 1. The molecule has 1 aliphatic heterocycles. The maximum Gasteiger partial charge on any atom is 0.123 e. The maximum atomic E-state index is 5.95. The van der Waals surface area contributed by atoms with Gasteiger partial charge in [0.15, 0.2) is 0 Å². The molecule has 0 radical (unpaired) electrons. The molecule has 2 N–H and O–H groups in total. The number of benzene rings is 1. The van der Waals surface area contributed by atoms with Gasteiger partial charge in [0.2, 0.25) is 0 Å². The third-order valence-corrected chi connectivity index (χ3v) is 5.23. The van der Waals surface area contributed by atoms with Crippen LogP contribution in [-0.4, -0.2) is 31.1 Å². The zero-order valence-electron chi connectivity index (χ0n) is 13.0. The van der Waals surface area contributed by atoms with Gasteiger partial charge in [-0.2, -0.15) is 0 Å². The summed E-state index contributed by atoms with van der Waals surface area (Å²) in [5, 5.41) is 0. The smallest absolute Gasteiger partial charge is 0.123 e. The van der Waals surface area contributed by atoms with Gasteiger partial charge in [-0.05, 0) is 37.3 Å². The van der Waals surface area contributed by atoms with Gasteiger partial charge in [0, 0.05) is 25.2 Å². The Morgan fingerprint density at radius 2 is 1.90 bits per heavy atom. The average Bonchev–Trinajstić information content (AvgIpc) is 2.55. The van der Waals surface area contributed by atoms with E-state index in [0.717, 1.165) is 36.3 Å². The van der Waals surface area contributed by atoms with Gasteiger partial charge in [-0.1, -0.05) is 37.5 Å². The topological polar surface area (TPSA) is 38.5 Å². The van der Waals surface area contributed by atoms with Gasteiger partial charge in [-0.25, -0.2) is 0 Å². The lowest BCUT2D eigenvalue weighted by molar-refractivity contribution is 0.0765. The van der Waals surface area contributed by atoms with Crippen molar-refractivity contribution >= 4 is 0 Å². The molecule has 1 saturated heterocycles. The first-order chi connectivity index (χ1) is 10.4. The molecule has 21 heavy (non-hydrogen) atoms. The molecule has 1 aliphatic carbocycles. The third-order valence-electron chi connectivity index (χ3n) is 5.23. The van der Waals surface area contributed by atoms with E-state index in [1.165, 1.54) is 45.2 Å². The summed E-state index contributed by atoms with van der Waals surface area (Å²) in [5.41, 5.74) is 6.85. The highest BCUT2D eigenvalue weighted by atomic mass is 16.5. The van der Waals surface area contributed by atoms with Gasteiger partial charge < -0.3 is 10.5 Å². The van der Waals surface area contributed by atoms with Gasteiger partial charge in [0.1, 0.15) is 12.4 Å². The number of likely N-dealkylation sites (tertiary alicyclic amines) is 1. The minimum atomic E-state index is 0.545. The first kappa shape index (κ1) is 14.9. The summed E-state index contributed by atoms with van der Waals surface area (Å²) in [5.74, 6) is 2.91. The number of piperidine rings is 1. The molecule has 0 bridgehead atoms. The number of nitrogens with two attached hydrogens (primary N) is 1. The molecule has 1 heterocycles. The fraction of sp³-hybridized carbons (Fsp3) is 0.667. The van der Waals surface area contributed by atoms with Crippen molar-refractivity contribution in [3.8, 4) is 5.75 Å². The minimum absolute atomic E-state index is 0.545. The van der Waals surface area contributed by atoms with E-state index in [2.05, 4.69) is 4.90 Å². The van der Waals surface area contributed by atoms with Crippen molar-refractivity contribution in [3.63, 3.8) is 0 Å². The normalized spacial score (nSPS) is 26.3. The summed E-state index contributed by atoms with van der Waals surface area (Å²) in [4.78, 5) is 2.59. The Bertz CT molecular complexity index is 449. The summed E-state index contributed by atoms with van der Waals surface area (Å²) >= 11 is 0. The molecule has 1 saturated carbocycles. The predicted molar refractivity (Wildman–Crippen MR) is 86.3 cm³/mol. The second kappa shape index (κ2) is 7.28. The van der Waals surface area contributed by atoms with Crippen LogP contribution in [0.1, 0.15) is 37.7 Å². The van der Waals surface area contributed by atoms with E-state index >= 15 is 0 Å². The lowest BCUT2D eigenvalue weighted by Gasteiger charge is -2.41. The van der Waals surface area contributed by atoms with E-state index in [-0.39, 0.29) is 0 Å². The molecule has 3 rings (SSSR count). The Kier molecular flexibility index (Phi) is 5.15. The molecule has 0 amide bonds. The summed E-state index contributed by atoms with van der Waals surface area (Å²) in [6.07, 6.45) is 7.20. The van der Waals surface area contributed by atoms with E-state index in [9.17, 15) is 0 Å². The van der Waals surface area contributed by atoms with E-state index in [1.54, 1.807) is 0 Å². The number of rotatable bonds is 5. The molecule has 3 nitrogen and oxygen atoms in total. The van der Waals surface area contributed by atoms with Crippen LogP contribution in [0.2, 0.25) is 0 Å². The van der Waals surface area contributed by atoms with Crippen molar-refractivity contribution in [1.29, 1.82) is 0 Å². The molecule has 2 fully saturated rings. The summed E-state index contributed by atoms with van der Waals surface area (Å²) < 4.78 is 5.95. The number of hydrogen-bond donors (Lipinski definition) is 1. The third kappa shape index (κ3) is 3.78. The van der Waals surface area contributed by atoms with Crippen LogP contribution >= 0.6 is 0 Å². The van der Waals surface area contributed by atoms with E-state index in [1.807, 2.05) is 24.3 Å². The molecule has 1 aromatic carbocycles. The first-order valence-electron chi connectivity index (χ1n) is 8.50. The fourth-order valence-corrected chi connectivity index (χ4v) is 3.98. The Morgan fingerprint density at radius 1 is 1.10 bits per heavy atom. The summed E-state index contributed by atoms with van der Waals surface area (Å²) in [7, 11) is 0. The van der Waals surface area contributed by atoms with E-state index in [0.29, 0.717) is 6.54 Å². The molecule has 2 unspecified atom stereocenters. The molecule has 2 atom stereocenters. The molecule has 1 aromatic rings. The van der Waals surface area contributed by atoms with Crippen molar-refractivity contribution in [3.05, 3.63) is 29.8 Å². The average molecular weight is 288 g/mol. The van der Waals surface area contributed by atoms with Crippen LogP contribution in [0.25, 0.3) is 0 Å². The van der Waals surface area contributed by atoms with E-state index in [4.69, 9.17) is 10.5 Å². The number of para-hydroxylation sites is 1. The standard InChI is InChI=1S/C18H28N2O/c19-13-16-6-3-4-8-18(16)21-12-11-20-10-9-15-5-1-2-7-17(15)14-20/h3-4,6,8,15,17H,1-2,5,7,9-14,19H2. The van der Waals surface area contributed by atoms with Crippen molar-refractivity contribution < 1.29 is 4.74 Å². The highest BCUT2D eigenvalue weighted by Crippen LogP contribution is 2.35. The van der Waals surface area contributed by atoms with Crippen LogP contribution in [0, 0.1) is 11.8 Å². The summed E-state index contributed by atoms with van der Waals surface area (Å²) in [6, 6.07) is 8.10. The molecule has 0 spiro atoms. The van der Waals surface area contributed by atoms with Gasteiger partial charge in [0.25, 0.3) is 0 Å². The van der Waals surface area contributed by atoms with Crippen LogP contribution in [-0.2, 0) is 6.54 Å². The maximum absolute atomic E-state index is 5.95. The van der Waals surface area contributed by atoms with Gasteiger partial charge in [-0.15, -0.1) is 0 Å². The second-order valence-electron chi connectivity index (χ2n) is 6.55. The van der Waals surface area contributed by atoms with Crippen molar-refractivity contribution in [2.24, 2.45) is 17.6 Å². The van der Waals surface area contributed by atoms with Crippen LogP contribution in [0.15, 0.2) is 24.3 Å². The van der Waals surface area contributed by atoms with Crippen molar-refractivity contribution in [2.45, 2.75) is 38.6 Å². The molecule has 116 valence electrons. The lowest BCUT2D eigenvalue weighted by Crippen LogP contribution is -2.43. The minimum Gasteiger partial charge on any atom is -0.492 e. The quantitative estimate of drug-likeness (QED) is 0.905. The molecular weight excluding hydrogens is 260 g/mol. The Hall–Kier alpha value is -1.06. The Balaban J connectivity index is 1.45. The lowest BCUT2D eigenvalue weighted by atomic mass is 9.75. The molecule has 2 aliphatic rings. The highest BCUT2D eigenvalue weighted by Gasteiger charge is 2.30. The van der Waals surface area contributed by atoms with Gasteiger partial charge in [-0.3, -0.25) is 4.90 Å². The first-order valence-corrected chi connectivity index (χ1v) is 8.50. The summed E-state index contributed by atoms with van der Waals surface area (Å²) in [6.45, 7) is 4.90. The van der Waals surface area contributed by atoms with Crippen LogP contribution in [0.4, 0.5) is 0 Å². The Morgan fingerprint density at radius 3 is 2.76 bits per heavy atom. The number of hydrogen-bond acceptors (Lipinski definition) is 3. The van der Waals surface area contributed by atoms with Crippen LogP contribution in [0.5, 0.6) is 5.75 Å². The number of nitrogens with zero attached hydrogens (tertiary/aromatic N) is 1. The molecule has 3 heteroatoms. The van der Waals surface area contributed by atoms with Crippen molar-refractivity contribution in [1.82, 2.24) is 4.90 Å². The molecule has 0 aromatic heterocycles. The molecular formula is C18H28N2O. The van der Waals surface area contributed by atoms with Crippen LogP contribution in [0.3, 0.4) is 0 Å². The van der Waals surface area contributed by atoms with Gasteiger partial charge >= 0.3 is 0 Å². The monoisotopic (exact) mass is 288 g/mol.